The predicted molar refractivity (Wildman–Crippen MR) is 85.2 cm³/mol. The molecule has 1 aromatic heterocycles. The molecule has 1 aromatic carbocycles. The molecular weight excluding hydrogens is 268 g/mol. The Bertz CT molecular complexity index is 634. The van der Waals surface area contributed by atoms with Gasteiger partial charge in [0.2, 0.25) is 0 Å². The van der Waals surface area contributed by atoms with E-state index in [-0.39, 0.29) is 5.91 Å². The van der Waals surface area contributed by atoms with Gasteiger partial charge in [0.1, 0.15) is 0 Å². The number of hydrogen-bond donors (Lipinski definition) is 1. The summed E-state index contributed by atoms with van der Waals surface area (Å²) in [6.45, 7) is 3.07. The van der Waals surface area contributed by atoms with Crippen LogP contribution in [0.2, 0.25) is 0 Å². The lowest BCUT2D eigenvalue weighted by atomic mass is 10.00. The molecule has 1 amide bonds. The Morgan fingerprint density at radius 2 is 2.25 bits per heavy atom. The number of anilines is 1. The fourth-order valence-electron chi connectivity index (χ4n) is 3.00. The number of hydrogen-bond acceptors (Lipinski definition) is 3. The molecule has 0 bridgehead atoms. The molecule has 20 heavy (non-hydrogen) atoms. The SMILES string of the molecule is CCC1CCCCN1C(=O)c1cc2cc(N)ccc2s1. The summed E-state index contributed by atoms with van der Waals surface area (Å²) in [5.41, 5.74) is 6.55. The molecule has 0 spiro atoms. The van der Waals surface area contributed by atoms with Crippen molar-refractivity contribution in [2.75, 3.05) is 12.3 Å². The van der Waals surface area contributed by atoms with Crippen LogP contribution >= 0.6 is 11.3 Å². The second-order valence-corrected chi connectivity index (χ2v) is 6.55. The van der Waals surface area contributed by atoms with Crippen LogP contribution in [0.3, 0.4) is 0 Å². The monoisotopic (exact) mass is 288 g/mol. The summed E-state index contributed by atoms with van der Waals surface area (Å²) < 4.78 is 1.13. The molecule has 1 atom stereocenters. The number of thiophene rings is 1. The number of nitrogens with two attached hydrogens (primary N) is 1. The summed E-state index contributed by atoms with van der Waals surface area (Å²) in [7, 11) is 0. The molecule has 0 radical (unpaired) electrons. The summed E-state index contributed by atoms with van der Waals surface area (Å²) in [5, 5.41) is 1.07. The van der Waals surface area contributed by atoms with E-state index in [0.29, 0.717) is 6.04 Å². The van der Waals surface area contributed by atoms with E-state index in [1.165, 1.54) is 6.42 Å². The van der Waals surface area contributed by atoms with Crippen LogP contribution in [-0.2, 0) is 0 Å². The maximum atomic E-state index is 12.7. The molecule has 1 aliphatic rings. The topological polar surface area (TPSA) is 46.3 Å². The zero-order valence-electron chi connectivity index (χ0n) is 11.8. The van der Waals surface area contributed by atoms with E-state index >= 15 is 0 Å². The van der Waals surface area contributed by atoms with E-state index in [1.54, 1.807) is 11.3 Å². The number of benzene rings is 1. The maximum absolute atomic E-state index is 12.7. The normalized spacial score (nSPS) is 19.4. The second-order valence-electron chi connectivity index (χ2n) is 5.46. The quantitative estimate of drug-likeness (QED) is 0.852. The number of fused-ring (bicyclic) bond motifs is 1. The molecule has 1 aliphatic heterocycles. The van der Waals surface area contributed by atoms with Crippen LogP contribution < -0.4 is 5.73 Å². The van der Waals surface area contributed by atoms with Crippen LogP contribution in [0, 0.1) is 0 Å². The van der Waals surface area contributed by atoms with Crippen LogP contribution in [0.15, 0.2) is 24.3 Å². The first kappa shape index (κ1) is 13.4. The van der Waals surface area contributed by atoms with Crippen molar-refractivity contribution in [1.82, 2.24) is 4.90 Å². The molecule has 106 valence electrons. The van der Waals surface area contributed by atoms with Crippen molar-refractivity contribution in [1.29, 1.82) is 0 Å². The van der Waals surface area contributed by atoms with Crippen molar-refractivity contribution in [3.63, 3.8) is 0 Å². The maximum Gasteiger partial charge on any atom is 0.264 e. The van der Waals surface area contributed by atoms with Gasteiger partial charge in [0.25, 0.3) is 5.91 Å². The Labute approximate surface area is 123 Å². The first-order valence-electron chi connectivity index (χ1n) is 7.29. The Hall–Kier alpha value is -1.55. The largest absolute Gasteiger partial charge is 0.399 e. The van der Waals surface area contributed by atoms with E-state index in [9.17, 15) is 4.79 Å². The lowest BCUT2D eigenvalue weighted by Gasteiger charge is -2.35. The number of carbonyl (C=O) groups excluding carboxylic acids is 1. The van der Waals surface area contributed by atoms with Crippen molar-refractivity contribution in [3.8, 4) is 0 Å². The highest BCUT2D eigenvalue weighted by Gasteiger charge is 2.27. The highest BCUT2D eigenvalue weighted by Crippen LogP contribution is 2.30. The average Bonchev–Trinajstić information content (AvgIpc) is 2.89. The fraction of sp³-hybridized carbons (Fsp3) is 0.438. The van der Waals surface area contributed by atoms with Crippen molar-refractivity contribution in [2.45, 2.75) is 38.6 Å². The summed E-state index contributed by atoms with van der Waals surface area (Å²) in [6.07, 6.45) is 4.55. The molecule has 2 N–H and O–H groups in total. The van der Waals surface area contributed by atoms with Crippen molar-refractivity contribution in [3.05, 3.63) is 29.1 Å². The first-order valence-corrected chi connectivity index (χ1v) is 8.10. The molecule has 3 nitrogen and oxygen atoms in total. The van der Waals surface area contributed by atoms with Gasteiger partial charge in [-0.25, -0.2) is 0 Å². The molecule has 0 aliphatic carbocycles. The van der Waals surface area contributed by atoms with Crippen molar-refractivity contribution < 1.29 is 4.79 Å². The van der Waals surface area contributed by atoms with Gasteiger partial charge < -0.3 is 10.6 Å². The number of nitrogen functional groups attached to an aromatic ring is 1. The van der Waals surface area contributed by atoms with E-state index in [1.807, 2.05) is 24.3 Å². The van der Waals surface area contributed by atoms with Crippen molar-refractivity contribution >= 4 is 33.0 Å². The Kier molecular flexibility index (Phi) is 3.66. The minimum atomic E-state index is 0.191. The number of likely N-dealkylation sites (tertiary alicyclic amines) is 1. The second kappa shape index (κ2) is 5.44. The van der Waals surface area contributed by atoms with Gasteiger partial charge in [0.15, 0.2) is 0 Å². The Balaban J connectivity index is 1.91. The number of amides is 1. The van der Waals surface area contributed by atoms with Gasteiger partial charge in [-0.2, -0.15) is 0 Å². The molecule has 1 fully saturated rings. The van der Waals surface area contributed by atoms with Crippen LogP contribution in [0.5, 0.6) is 0 Å². The zero-order valence-corrected chi connectivity index (χ0v) is 12.6. The molecule has 4 heteroatoms. The van der Waals surface area contributed by atoms with E-state index in [4.69, 9.17) is 5.73 Å². The van der Waals surface area contributed by atoms with Crippen molar-refractivity contribution in [2.24, 2.45) is 0 Å². The number of carbonyl (C=O) groups is 1. The molecule has 3 rings (SSSR count). The lowest BCUT2D eigenvalue weighted by molar-refractivity contribution is 0.0613. The zero-order chi connectivity index (χ0) is 14.1. The highest BCUT2D eigenvalue weighted by atomic mass is 32.1. The van der Waals surface area contributed by atoms with E-state index < -0.39 is 0 Å². The van der Waals surface area contributed by atoms with Crippen LogP contribution in [-0.4, -0.2) is 23.4 Å². The lowest BCUT2D eigenvalue weighted by Crippen LogP contribution is -2.43. The molecular formula is C16H20N2OS. The molecule has 1 unspecified atom stereocenters. The van der Waals surface area contributed by atoms with E-state index in [0.717, 1.165) is 46.5 Å². The molecule has 0 saturated carbocycles. The first-order chi connectivity index (χ1) is 9.69. The van der Waals surface area contributed by atoms with Crippen LogP contribution in [0.25, 0.3) is 10.1 Å². The third kappa shape index (κ3) is 2.40. The molecule has 1 saturated heterocycles. The van der Waals surface area contributed by atoms with Gasteiger partial charge in [0, 0.05) is 23.0 Å². The Morgan fingerprint density at radius 3 is 3.05 bits per heavy atom. The average molecular weight is 288 g/mol. The van der Waals surface area contributed by atoms with Crippen LogP contribution in [0.1, 0.15) is 42.3 Å². The van der Waals surface area contributed by atoms with Gasteiger partial charge in [-0.1, -0.05) is 6.92 Å². The van der Waals surface area contributed by atoms with Gasteiger partial charge in [-0.15, -0.1) is 11.3 Å². The van der Waals surface area contributed by atoms with E-state index in [2.05, 4.69) is 11.8 Å². The summed E-state index contributed by atoms with van der Waals surface area (Å²) in [4.78, 5) is 15.6. The van der Waals surface area contributed by atoms with Gasteiger partial charge >= 0.3 is 0 Å². The number of piperidine rings is 1. The summed E-state index contributed by atoms with van der Waals surface area (Å²) in [6, 6.07) is 8.23. The number of rotatable bonds is 2. The van der Waals surface area contributed by atoms with Gasteiger partial charge in [-0.05, 0) is 55.3 Å². The third-order valence-electron chi connectivity index (χ3n) is 4.11. The van der Waals surface area contributed by atoms with Gasteiger partial charge in [0.05, 0.1) is 4.88 Å². The highest BCUT2D eigenvalue weighted by molar-refractivity contribution is 7.20. The predicted octanol–water partition coefficient (Wildman–Crippen LogP) is 3.89. The smallest absolute Gasteiger partial charge is 0.264 e. The van der Waals surface area contributed by atoms with Crippen LogP contribution in [0.4, 0.5) is 5.69 Å². The third-order valence-corrected chi connectivity index (χ3v) is 5.21. The molecule has 2 aromatic rings. The number of nitrogens with zero attached hydrogens (tertiary/aromatic N) is 1. The fourth-order valence-corrected chi connectivity index (χ4v) is 4.00. The minimum absolute atomic E-state index is 0.191. The standard InChI is InChI=1S/C16H20N2OS/c1-2-13-5-3-4-8-18(13)16(19)15-10-11-9-12(17)6-7-14(11)20-15/h6-7,9-10,13H,2-5,8,17H2,1H3. The minimum Gasteiger partial charge on any atom is -0.399 e. The van der Waals surface area contributed by atoms with Gasteiger partial charge in [-0.3, -0.25) is 4.79 Å². The molecule has 2 heterocycles. The summed E-state index contributed by atoms with van der Waals surface area (Å²) in [5.74, 6) is 0.191. The summed E-state index contributed by atoms with van der Waals surface area (Å²) >= 11 is 1.57. The Morgan fingerprint density at radius 1 is 1.40 bits per heavy atom.